The molecule has 22 heavy (non-hydrogen) atoms. The van der Waals surface area contributed by atoms with E-state index in [0.29, 0.717) is 39.3 Å². The first-order valence-corrected chi connectivity index (χ1v) is 7.05. The zero-order valence-corrected chi connectivity index (χ0v) is 13.5. The number of rotatable bonds is 5. The molecule has 1 N–H and O–H groups in total. The summed E-state index contributed by atoms with van der Waals surface area (Å²) >= 11 is 0. The first-order chi connectivity index (χ1) is 10.2. The fourth-order valence-electron chi connectivity index (χ4n) is 2.25. The van der Waals surface area contributed by atoms with Gasteiger partial charge in [0, 0.05) is 31.9 Å². The summed E-state index contributed by atoms with van der Waals surface area (Å²) in [4.78, 5) is 27.1. The topological polar surface area (TPSA) is 61.9 Å². The minimum Gasteiger partial charge on any atom is -0.468 e. The van der Waals surface area contributed by atoms with Gasteiger partial charge >= 0.3 is 5.97 Å². The van der Waals surface area contributed by atoms with Gasteiger partial charge in [-0.1, -0.05) is 18.2 Å². The second kappa shape index (κ2) is 9.27. The number of anilines is 1. The Kier molecular flexibility index (Phi) is 7.70. The largest absolute Gasteiger partial charge is 0.468 e. The number of piperazine rings is 1. The van der Waals surface area contributed by atoms with Crippen LogP contribution in [0.3, 0.4) is 0 Å². The molecule has 0 atom stereocenters. The number of nitrogens with one attached hydrogen (secondary N) is 1. The molecule has 1 aromatic rings. The molecule has 0 spiro atoms. The molecule has 0 aromatic heterocycles. The average molecular weight is 328 g/mol. The van der Waals surface area contributed by atoms with Crippen LogP contribution in [0.5, 0.6) is 0 Å². The van der Waals surface area contributed by atoms with E-state index in [4.69, 9.17) is 0 Å². The van der Waals surface area contributed by atoms with Crippen molar-refractivity contribution >= 4 is 30.0 Å². The van der Waals surface area contributed by atoms with Crippen LogP contribution in [0.4, 0.5) is 5.69 Å². The zero-order valence-electron chi connectivity index (χ0n) is 12.7. The SMILES string of the molecule is COC(=O)CN1CCN(C(=O)CNc2ccccc2)CC1.Cl. The van der Waals surface area contributed by atoms with Gasteiger partial charge in [0.1, 0.15) is 0 Å². The molecule has 0 aliphatic carbocycles. The van der Waals surface area contributed by atoms with E-state index in [0.717, 1.165) is 5.69 Å². The van der Waals surface area contributed by atoms with Crippen LogP contribution in [0.25, 0.3) is 0 Å². The molecule has 1 aromatic carbocycles. The van der Waals surface area contributed by atoms with Crippen LogP contribution in [0.15, 0.2) is 30.3 Å². The quantitative estimate of drug-likeness (QED) is 0.812. The number of hydrogen-bond acceptors (Lipinski definition) is 5. The Balaban J connectivity index is 0.00000242. The standard InChI is InChI=1S/C15H21N3O3.ClH/c1-21-15(20)12-17-7-9-18(10-8-17)14(19)11-16-13-5-3-2-4-6-13;/h2-6,16H,7-12H2,1H3;1H. The summed E-state index contributed by atoms with van der Waals surface area (Å²) in [6.45, 7) is 3.28. The fourth-order valence-corrected chi connectivity index (χ4v) is 2.25. The van der Waals surface area contributed by atoms with Gasteiger partial charge in [-0.15, -0.1) is 12.4 Å². The van der Waals surface area contributed by atoms with Crippen LogP contribution in [0.1, 0.15) is 0 Å². The molecule has 7 heteroatoms. The highest BCUT2D eigenvalue weighted by Gasteiger charge is 2.22. The van der Waals surface area contributed by atoms with E-state index in [2.05, 4.69) is 10.1 Å². The molecule has 1 aliphatic rings. The molecule has 6 nitrogen and oxygen atoms in total. The van der Waals surface area contributed by atoms with E-state index in [1.165, 1.54) is 7.11 Å². The van der Waals surface area contributed by atoms with Crippen molar-refractivity contribution in [2.75, 3.05) is 51.7 Å². The number of carbonyl (C=O) groups is 2. The minimum absolute atomic E-state index is 0. The Bertz CT molecular complexity index is 476. The molecule has 122 valence electrons. The van der Waals surface area contributed by atoms with Crippen LogP contribution >= 0.6 is 12.4 Å². The van der Waals surface area contributed by atoms with E-state index >= 15 is 0 Å². The summed E-state index contributed by atoms with van der Waals surface area (Å²) < 4.78 is 4.64. The normalized spacial score (nSPS) is 14.9. The monoisotopic (exact) mass is 327 g/mol. The number of nitrogens with zero attached hydrogens (tertiary/aromatic N) is 2. The Morgan fingerprint density at radius 1 is 1.14 bits per heavy atom. The molecular weight excluding hydrogens is 306 g/mol. The Morgan fingerprint density at radius 2 is 1.77 bits per heavy atom. The van der Waals surface area contributed by atoms with Crippen molar-refractivity contribution in [1.82, 2.24) is 9.80 Å². The Labute approximate surface area is 136 Å². The van der Waals surface area contributed by atoms with Crippen molar-refractivity contribution in [2.45, 2.75) is 0 Å². The first kappa shape index (κ1) is 18.3. The molecule has 0 saturated carbocycles. The molecule has 1 saturated heterocycles. The predicted molar refractivity (Wildman–Crippen MR) is 87.2 cm³/mol. The van der Waals surface area contributed by atoms with Gasteiger partial charge in [-0.3, -0.25) is 14.5 Å². The lowest BCUT2D eigenvalue weighted by molar-refractivity contribution is -0.142. The average Bonchev–Trinajstić information content (AvgIpc) is 2.54. The number of amides is 1. The molecule has 1 amide bonds. The summed E-state index contributed by atoms with van der Waals surface area (Å²) in [5.74, 6) is -0.155. The highest BCUT2D eigenvalue weighted by molar-refractivity contribution is 5.85. The van der Waals surface area contributed by atoms with Gasteiger partial charge in [-0.25, -0.2) is 0 Å². The highest BCUT2D eigenvalue weighted by Crippen LogP contribution is 2.06. The summed E-state index contributed by atoms with van der Waals surface area (Å²) in [5.41, 5.74) is 0.940. The lowest BCUT2D eigenvalue weighted by Gasteiger charge is -2.34. The second-order valence-electron chi connectivity index (χ2n) is 4.95. The van der Waals surface area contributed by atoms with Crippen molar-refractivity contribution in [3.05, 3.63) is 30.3 Å². The van der Waals surface area contributed by atoms with Crippen LogP contribution < -0.4 is 5.32 Å². The third-order valence-corrected chi connectivity index (χ3v) is 3.52. The fraction of sp³-hybridized carbons (Fsp3) is 0.467. The van der Waals surface area contributed by atoms with Crippen LogP contribution in [-0.2, 0) is 14.3 Å². The van der Waals surface area contributed by atoms with Gasteiger partial charge in [-0.2, -0.15) is 0 Å². The smallest absolute Gasteiger partial charge is 0.319 e. The van der Waals surface area contributed by atoms with Gasteiger partial charge in [0.2, 0.25) is 5.91 Å². The number of ether oxygens (including phenoxy) is 1. The number of carbonyl (C=O) groups excluding carboxylic acids is 2. The van der Waals surface area contributed by atoms with Crippen molar-refractivity contribution in [1.29, 1.82) is 0 Å². The van der Waals surface area contributed by atoms with Gasteiger partial charge in [0.15, 0.2) is 0 Å². The molecule has 1 fully saturated rings. The molecule has 2 rings (SSSR count). The van der Waals surface area contributed by atoms with Crippen molar-refractivity contribution in [3.8, 4) is 0 Å². The van der Waals surface area contributed by atoms with Gasteiger partial charge in [0.05, 0.1) is 20.2 Å². The number of benzene rings is 1. The maximum Gasteiger partial charge on any atom is 0.319 e. The molecular formula is C15H22ClN3O3. The summed E-state index contributed by atoms with van der Waals surface area (Å²) in [6.07, 6.45) is 0. The van der Waals surface area contributed by atoms with Crippen molar-refractivity contribution in [2.24, 2.45) is 0 Å². The predicted octanol–water partition coefficient (Wildman–Crippen LogP) is 0.838. The van der Waals surface area contributed by atoms with E-state index < -0.39 is 0 Å². The maximum absolute atomic E-state index is 12.1. The highest BCUT2D eigenvalue weighted by atomic mass is 35.5. The summed E-state index contributed by atoms with van der Waals surface area (Å²) in [6, 6.07) is 9.66. The number of para-hydroxylation sites is 1. The number of esters is 1. The molecule has 0 bridgehead atoms. The summed E-state index contributed by atoms with van der Waals surface area (Å²) in [7, 11) is 1.39. The van der Waals surface area contributed by atoms with Crippen LogP contribution in [-0.4, -0.2) is 68.1 Å². The Hall–Kier alpha value is -1.79. The molecule has 1 aliphatic heterocycles. The number of halogens is 1. The Morgan fingerprint density at radius 3 is 2.36 bits per heavy atom. The van der Waals surface area contributed by atoms with Gasteiger partial charge < -0.3 is 15.0 Å². The van der Waals surface area contributed by atoms with E-state index in [1.807, 2.05) is 40.1 Å². The number of hydrogen-bond donors (Lipinski definition) is 1. The van der Waals surface area contributed by atoms with E-state index in [9.17, 15) is 9.59 Å². The molecule has 0 radical (unpaired) electrons. The number of methoxy groups -OCH3 is 1. The third kappa shape index (κ3) is 5.54. The van der Waals surface area contributed by atoms with Crippen LogP contribution in [0, 0.1) is 0 Å². The second-order valence-corrected chi connectivity index (χ2v) is 4.95. The van der Waals surface area contributed by atoms with Crippen molar-refractivity contribution < 1.29 is 14.3 Å². The lowest BCUT2D eigenvalue weighted by Crippen LogP contribution is -2.51. The van der Waals surface area contributed by atoms with Gasteiger partial charge in [0.25, 0.3) is 0 Å². The van der Waals surface area contributed by atoms with Crippen molar-refractivity contribution in [3.63, 3.8) is 0 Å². The lowest BCUT2D eigenvalue weighted by atomic mass is 10.3. The zero-order chi connectivity index (χ0) is 15.1. The van der Waals surface area contributed by atoms with Crippen LogP contribution in [0.2, 0.25) is 0 Å². The first-order valence-electron chi connectivity index (χ1n) is 7.05. The molecule has 0 unspecified atom stereocenters. The summed E-state index contributed by atoms with van der Waals surface area (Å²) in [5, 5.41) is 3.12. The van der Waals surface area contributed by atoms with Gasteiger partial charge in [-0.05, 0) is 12.1 Å². The minimum atomic E-state index is -0.236. The molecule has 1 heterocycles. The van der Waals surface area contributed by atoms with E-state index in [-0.39, 0.29) is 24.3 Å². The maximum atomic E-state index is 12.1. The van der Waals surface area contributed by atoms with E-state index in [1.54, 1.807) is 0 Å². The third-order valence-electron chi connectivity index (χ3n) is 3.52.